The molecule has 9 heteroatoms. The number of amides is 1. The first kappa shape index (κ1) is 20.7. The lowest BCUT2D eigenvalue weighted by atomic mass is 10.1. The van der Waals surface area contributed by atoms with E-state index in [4.69, 9.17) is 23.2 Å². The zero-order chi connectivity index (χ0) is 21.5. The minimum atomic E-state index is -4.60. The van der Waals surface area contributed by atoms with Crippen molar-refractivity contribution in [1.82, 2.24) is 4.98 Å². The molecular formula is C21H11Cl2F3N2OS. The number of nitrogens with zero attached hydrogens (tertiary/aromatic N) is 2. The third kappa shape index (κ3) is 4.01. The number of halogens is 5. The van der Waals surface area contributed by atoms with Gasteiger partial charge >= 0.3 is 6.18 Å². The van der Waals surface area contributed by atoms with Crippen molar-refractivity contribution in [2.75, 3.05) is 4.90 Å². The Bertz CT molecular complexity index is 1210. The Hall–Kier alpha value is -2.61. The van der Waals surface area contributed by atoms with Gasteiger partial charge in [0.25, 0.3) is 5.91 Å². The average molecular weight is 467 g/mol. The molecular weight excluding hydrogens is 456 g/mol. The van der Waals surface area contributed by atoms with Crippen LogP contribution in [0, 0.1) is 0 Å². The molecule has 0 aliphatic heterocycles. The molecule has 30 heavy (non-hydrogen) atoms. The SMILES string of the molecule is O=C(c1ccc(Cl)cc1)N(c1nc2ccccc2s1)c1cc(C(F)(F)F)ccc1Cl. The fraction of sp³-hybridized carbons (Fsp3) is 0.0476. The monoisotopic (exact) mass is 466 g/mol. The smallest absolute Gasteiger partial charge is 0.268 e. The van der Waals surface area contributed by atoms with Crippen molar-refractivity contribution in [1.29, 1.82) is 0 Å². The molecule has 0 N–H and O–H groups in total. The van der Waals surface area contributed by atoms with Crippen LogP contribution in [0.5, 0.6) is 0 Å². The summed E-state index contributed by atoms with van der Waals surface area (Å²) in [5.74, 6) is -0.577. The van der Waals surface area contributed by atoms with Gasteiger partial charge in [0, 0.05) is 10.6 Å². The Balaban J connectivity index is 1.92. The fourth-order valence-electron chi connectivity index (χ4n) is 2.84. The highest BCUT2D eigenvalue weighted by Crippen LogP contribution is 2.41. The molecule has 0 fully saturated rings. The Kier molecular flexibility index (Phi) is 5.44. The third-order valence-electron chi connectivity index (χ3n) is 4.28. The Morgan fingerprint density at radius 1 is 0.967 bits per heavy atom. The van der Waals surface area contributed by atoms with Gasteiger partial charge in [-0.05, 0) is 54.6 Å². The van der Waals surface area contributed by atoms with Gasteiger partial charge in [-0.1, -0.05) is 46.7 Å². The molecule has 0 aliphatic carbocycles. The quantitative estimate of drug-likeness (QED) is 0.311. The van der Waals surface area contributed by atoms with E-state index in [0.29, 0.717) is 10.5 Å². The number of alkyl halides is 3. The molecule has 0 saturated heterocycles. The highest BCUT2D eigenvalue weighted by Gasteiger charge is 2.33. The molecule has 0 saturated carbocycles. The summed E-state index contributed by atoms with van der Waals surface area (Å²) in [4.78, 5) is 18.9. The van der Waals surface area contributed by atoms with Gasteiger partial charge in [-0.25, -0.2) is 4.98 Å². The summed E-state index contributed by atoms with van der Waals surface area (Å²) < 4.78 is 40.8. The molecule has 1 amide bonds. The molecule has 152 valence electrons. The summed E-state index contributed by atoms with van der Waals surface area (Å²) in [5, 5.41) is 0.622. The van der Waals surface area contributed by atoms with Crippen molar-refractivity contribution in [3.63, 3.8) is 0 Å². The standard InChI is InChI=1S/C21H11Cl2F3N2OS/c22-14-8-5-12(6-9-14)19(29)28(20-27-16-3-1-2-4-18(16)30-20)17-11-13(21(24,25)26)7-10-15(17)23/h1-11H. The maximum absolute atomic E-state index is 13.4. The summed E-state index contributed by atoms with van der Waals surface area (Å²) in [7, 11) is 0. The van der Waals surface area contributed by atoms with E-state index in [2.05, 4.69) is 4.98 Å². The third-order valence-corrected chi connectivity index (χ3v) is 5.88. The van der Waals surface area contributed by atoms with Crippen LogP contribution in [0.1, 0.15) is 15.9 Å². The van der Waals surface area contributed by atoms with Crippen LogP contribution in [-0.4, -0.2) is 10.9 Å². The van der Waals surface area contributed by atoms with Crippen LogP contribution in [0.2, 0.25) is 10.0 Å². The van der Waals surface area contributed by atoms with Gasteiger partial charge < -0.3 is 0 Å². The van der Waals surface area contributed by atoms with E-state index >= 15 is 0 Å². The summed E-state index contributed by atoms with van der Waals surface area (Å²) in [6.45, 7) is 0. The lowest BCUT2D eigenvalue weighted by Gasteiger charge is -2.22. The number of carbonyl (C=O) groups is 1. The van der Waals surface area contributed by atoms with Gasteiger partial charge in [0.15, 0.2) is 5.13 Å². The maximum atomic E-state index is 13.4. The van der Waals surface area contributed by atoms with Crippen molar-refractivity contribution in [3.8, 4) is 0 Å². The molecule has 0 atom stereocenters. The normalized spacial score (nSPS) is 11.6. The first-order valence-corrected chi connectivity index (χ1v) is 10.1. The zero-order valence-electron chi connectivity index (χ0n) is 15.0. The van der Waals surface area contributed by atoms with Gasteiger partial charge in [-0.3, -0.25) is 9.69 Å². The first-order chi connectivity index (χ1) is 14.2. The number of thiazole rings is 1. The van der Waals surface area contributed by atoms with Crippen LogP contribution in [0.4, 0.5) is 24.0 Å². The predicted molar refractivity (Wildman–Crippen MR) is 114 cm³/mol. The number of benzene rings is 3. The molecule has 0 radical (unpaired) electrons. The average Bonchev–Trinajstić information content (AvgIpc) is 3.12. The number of carbonyl (C=O) groups excluding carboxylic acids is 1. The molecule has 4 rings (SSSR count). The van der Waals surface area contributed by atoms with E-state index in [9.17, 15) is 18.0 Å². The molecule has 0 aliphatic rings. The Morgan fingerprint density at radius 3 is 2.33 bits per heavy atom. The second-order valence-electron chi connectivity index (χ2n) is 6.28. The van der Waals surface area contributed by atoms with E-state index in [0.717, 1.165) is 27.8 Å². The van der Waals surface area contributed by atoms with Crippen molar-refractivity contribution in [3.05, 3.63) is 87.9 Å². The molecule has 4 aromatic rings. The number of anilines is 2. The van der Waals surface area contributed by atoms with Crippen molar-refractivity contribution in [2.24, 2.45) is 0 Å². The Labute approximate surface area is 183 Å². The number of rotatable bonds is 3. The van der Waals surface area contributed by atoms with Gasteiger partial charge in [0.2, 0.25) is 0 Å². The van der Waals surface area contributed by atoms with E-state index < -0.39 is 17.6 Å². The number of aromatic nitrogens is 1. The summed E-state index contributed by atoms with van der Waals surface area (Å²) in [6.07, 6.45) is -4.60. The highest BCUT2D eigenvalue weighted by molar-refractivity contribution is 7.22. The Morgan fingerprint density at radius 2 is 1.67 bits per heavy atom. The van der Waals surface area contributed by atoms with Crippen LogP contribution in [0.25, 0.3) is 10.2 Å². The highest BCUT2D eigenvalue weighted by atomic mass is 35.5. The molecule has 1 heterocycles. The topological polar surface area (TPSA) is 33.2 Å². The molecule has 0 unspecified atom stereocenters. The molecule has 1 aromatic heterocycles. The fourth-order valence-corrected chi connectivity index (χ4v) is 4.14. The van der Waals surface area contributed by atoms with Gasteiger partial charge in [0.05, 0.1) is 26.5 Å². The molecule has 3 nitrogen and oxygen atoms in total. The van der Waals surface area contributed by atoms with Crippen LogP contribution < -0.4 is 4.90 Å². The summed E-state index contributed by atoms with van der Waals surface area (Å²) >= 11 is 13.3. The van der Waals surface area contributed by atoms with E-state index in [1.54, 1.807) is 12.1 Å². The van der Waals surface area contributed by atoms with Crippen molar-refractivity contribution >= 4 is 61.5 Å². The lowest BCUT2D eigenvalue weighted by Crippen LogP contribution is -2.26. The largest absolute Gasteiger partial charge is 0.416 e. The van der Waals surface area contributed by atoms with Crippen molar-refractivity contribution < 1.29 is 18.0 Å². The van der Waals surface area contributed by atoms with Crippen LogP contribution in [0.15, 0.2) is 66.7 Å². The van der Waals surface area contributed by atoms with Gasteiger partial charge in [0.1, 0.15) is 0 Å². The second kappa shape index (κ2) is 7.91. The number of para-hydroxylation sites is 1. The second-order valence-corrected chi connectivity index (χ2v) is 8.13. The summed E-state index contributed by atoms with van der Waals surface area (Å²) in [6, 6.07) is 16.0. The molecule has 0 spiro atoms. The zero-order valence-corrected chi connectivity index (χ0v) is 17.3. The van der Waals surface area contributed by atoms with E-state index in [1.807, 2.05) is 12.1 Å². The van der Waals surface area contributed by atoms with Crippen LogP contribution >= 0.6 is 34.5 Å². The van der Waals surface area contributed by atoms with Crippen LogP contribution in [-0.2, 0) is 6.18 Å². The first-order valence-electron chi connectivity index (χ1n) is 8.56. The molecule has 3 aromatic carbocycles. The van der Waals surface area contributed by atoms with Gasteiger partial charge in [-0.15, -0.1) is 0 Å². The number of hydrogen-bond acceptors (Lipinski definition) is 3. The van der Waals surface area contributed by atoms with Crippen molar-refractivity contribution in [2.45, 2.75) is 6.18 Å². The minimum absolute atomic E-state index is 0.00966. The van der Waals surface area contributed by atoms with Crippen LogP contribution in [0.3, 0.4) is 0 Å². The van der Waals surface area contributed by atoms with E-state index in [-0.39, 0.29) is 21.4 Å². The lowest BCUT2D eigenvalue weighted by molar-refractivity contribution is -0.137. The van der Waals surface area contributed by atoms with E-state index in [1.165, 1.54) is 35.6 Å². The number of fused-ring (bicyclic) bond motifs is 1. The minimum Gasteiger partial charge on any atom is -0.268 e. The summed E-state index contributed by atoms with van der Waals surface area (Å²) in [5.41, 5.74) is -0.177. The maximum Gasteiger partial charge on any atom is 0.416 e. The van der Waals surface area contributed by atoms with Gasteiger partial charge in [-0.2, -0.15) is 13.2 Å². The molecule has 0 bridgehead atoms. The number of hydrogen-bond donors (Lipinski definition) is 0. The predicted octanol–water partition coefficient (Wildman–Crippen LogP) is 7.60.